The summed E-state index contributed by atoms with van der Waals surface area (Å²) in [6.45, 7) is 10.00. The summed E-state index contributed by atoms with van der Waals surface area (Å²) in [5, 5.41) is 2.99. The number of piperidine rings is 1. The van der Waals surface area contributed by atoms with Crippen molar-refractivity contribution in [3.63, 3.8) is 0 Å². The van der Waals surface area contributed by atoms with E-state index in [1.165, 1.54) is 37.9 Å². The van der Waals surface area contributed by atoms with Crippen LogP contribution in [0.25, 0.3) is 0 Å². The minimum absolute atomic E-state index is 0.0963. The SMILES string of the molecule is CC(C)c1ccccc1O[C@@H](C)C(=O)NCc1ccc(CN2CCCCC2)cc1. The molecule has 0 spiro atoms. The first-order valence-corrected chi connectivity index (χ1v) is 10.9. The smallest absolute Gasteiger partial charge is 0.261 e. The highest BCUT2D eigenvalue weighted by atomic mass is 16.5. The summed E-state index contributed by atoms with van der Waals surface area (Å²) in [7, 11) is 0. The third kappa shape index (κ3) is 6.33. The van der Waals surface area contributed by atoms with Crippen LogP contribution >= 0.6 is 0 Å². The van der Waals surface area contributed by atoms with Gasteiger partial charge in [-0.2, -0.15) is 0 Å². The molecule has 156 valence electrons. The van der Waals surface area contributed by atoms with Crippen LogP contribution in [-0.4, -0.2) is 30.0 Å². The summed E-state index contributed by atoms with van der Waals surface area (Å²) in [5.74, 6) is 1.04. The van der Waals surface area contributed by atoms with Gasteiger partial charge in [-0.3, -0.25) is 9.69 Å². The Labute approximate surface area is 175 Å². The Morgan fingerprint density at radius 2 is 1.62 bits per heavy atom. The maximum absolute atomic E-state index is 12.5. The van der Waals surface area contributed by atoms with E-state index in [0.29, 0.717) is 12.5 Å². The Balaban J connectivity index is 1.48. The maximum atomic E-state index is 12.5. The lowest BCUT2D eigenvalue weighted by molar-refractivity contribution is -0.127. The zero-order valence-electron chi connectivity index (χ0n) is 18.0. The molecule has 1 aliphatic heterocycles. The van der Waals surface area contributed by atoms with E-state index in [1.807, 2.05) is 18.2 Å². The average molecular weight is 395 g/mol. The molecule has 1 aliphatic rings. The molecular weight excluding hydrogens is 360 g/mol. The van der Waals surface area contributed by atoms with Crippen LogP contribution in [-0.2, 0) is 17.9 Å². The second-order valence-electron chi connectivity index (χ2n) is 8.32. The van der Waals surface area contributed by atoms with Crippen molar-refractivity contribution < 1.29 is 9.53 Å². The van der Waals surface area contributed by atoms with Crippen molar-refractivity contribution in [2.24, 2.45) is 0 Å². The number of likely N-dealkylation sites (tertiary alicyclic amines) is 1. The quantitative estimate of drug-likeness (QED) is 0.694. The first-order chi connectivity index (χ1) is 14.0. The second-order valence-corrected chi connectivity index (χ2v) is 8.32. The van der Waals surface area contributed by atoms with E-state index in [1.54, 1.807) is 6.92 Å². The molecule has 1 N–H and O–H groups in total. The summed E-state index contributed by atoms with van der Waals surface area (Å²) in [5.41, 5.74) is 3.57. The molecule has 1 saturated heterocycles. The predicted molar refractivity (Wildman–Crippen MR) is 118 cm³/mol. The molecule has 29 heavy (non-hydrogen) atoms. The zero-order valence-corrected chi connectivity index (χ0v) is 18.0. The van der Waals surface area contributed by atoms with Gasteiger partial charge in [0.05, 0.1) is 0 Å². The number of nitrogens with zero attached hydrogens (tertiary/aromatic N) is 1. The van der Waals surface area contributed by atoms with Crippen molar-refractivity contribution in [3.05, 3.63) is 65.2 Å². The van der Waals surface area contributed by atoms with Crippen LogP contribution in [0.4, 0.5) is 0 Å². The second kappa shape index (κ2) is 10.4. The lowest BCUT2D eigenvalue weighted by atomic mass is 10.0. The monoisotopic (exact) mass is 394 g/mol. The lowest BCUT2D eigenvalue weighted by Crippen LogP contribution is -2.36. The minimum Gasteiger partial charge on any atom is -0.481 e. The Bertz CT molecular complexity index is 780. The fourth-order valence-corrected chi connectivity index (χ4v) is 3.78. The third-order valence-electron chi connectivity index (χ3n) is 5.56. The number of amides is 1. The van der Waals surface area contributed by atoms with Crippen LogP contribution < -0.4 is 10.1 Å². The van der Waals surface area contributed by atoms with Gasteiger partial charge in [-0.15, -0.1) is 0 Å². The van der Waals surface area contributed by atoms with Crippen molar-refractivity contribution in [1.82, 2.24) is 10.2 Å². The molecule has 2 aromatic carbocycles. The summed E-state index contributed by atoms with van der Waals surface area (Å²) in [6.07, 6.45) is 3.45. The van der Waals surface area contributed by atoms with Gasteiger partial charge in [0.15, 0.2) is 6.10 Å². The number of carbonyl (C=O) groups is 1. The van der Waals surface area contributed by atoms with Crippen LogP contribution in [0.2, 0.25) is 0 Å². The van der Waals surface area contributed by atoms with Crippen LogP contribution in [0.15, 0.2) is 48.5 Å². The first-order valence-electron chi connectivity index (χ1n) is 10.9. The Morgan fingerprint density at radius 3 is 2.31 bits per heavy atom. The van der Waals surface area contributed by atoms with Gasteiger partial charge in [0.25, 0.3) is 5.91 Å². The molecule has 0 aromatic heterocycles. The standard InChI is InChI=1S/C25H34N2O2/c1-19(2)23-9-5-6-10-24(23)29-20(3)25(28)26-17-21-11-13-22(14-12-21)18-27-15-7-4-8-16-27/h5-6,9-14,19-20H,4,7-8,15-18H2,1-3H3,(H,26,28)/t20-/m0/s1. The maximum Gasteiger partial charge on any atom is 0.261 e. The molecule has 1 atom stereocenters. The van der Waals surface area contributed by atoms with E-state index >= 15 is 0 Å². The van der Waals surface area contributed by atoms with Crippen LogP contribution in [0, 0.1) is 0 Å². The summed E-state index contributed by atoms with van der Waals surface area (Å²) in [6, 6.07) is 16.5. The van der Waals surface area contributed by atoms with Gasteiger partial charge < -0.3 is 10.1 Å². The molecule has 1 fully saturated rings. The topological polar surface area (TPSA) is 41.6 Å². The van der Waals surface area contributed by atoms with E-state index in [-0.39, 0.29) is 5.91 Å². The first kappa shape index (κ1) is 21.4. The number of hydrogen-bond acceptors (Lipinski definition) is 3. The van der Waals surface area contributed by atoms with Crippen molar-refractivity contribution >= 4 is 5.91 Å². The molecule has 3 rings (SSSR count). The lowest BCUT2D eigenvalue weighted by Gasteiger charge is -2.26. The van der Waals surface area contributed by atoms with Gasteiger partial charge in [0, 0.05) is 13.1 Å². The number of rotatable bonds is 8. The summed E-state index contributed by atoms with van der Waals surface area (Å²) >= 11 is 0. The van der Waals surface area contributed by atoms with Crippen molar-refractivity contribution in [2.45, 2.75) is 65.1 Å². The molecule has 0 saturated carbocycles. The van der Waals surface area contributed by atoms with Gasteiger partial charge in [-0.05, 0) is 61.5 Å². The molecule has 2 aromatic rings. The fraction of sp³-hybridized carbons (Fsp3) is 0.480. The molecule has 0 unspecified atom stereocenters. The van der Waals surface area contributed by atoms with E-state index < -0.39 is 6.10 Å². The Hall–Kier alpha value is -2.33. The minimum atomic E-state index is -0.534. The summed E-state index contributed by atoms with van der Waals surface area (Å²) < 4.78 is 5.94. The molecule has 0 bridgehead atoms. The molecule has 1 amide bonds. The number of ether oxygens (including phenoxy) is 1. The molecular formula is C25H34N2O2. The Morgan fingerprint density at radius 1 is 0.966 bits per heavy atom. The molecule has 0 radical (unpaired) electrons. The Kier molecular flexibility index (Phi) is 7.70. The van der Waals surface area contributed by atoms with Crippen molar-refractivity contribution in [1.29, 1.82) is 0 Å². The van der Waals surface area contributed by atoms with Crippen molar-refractivity contribution in [3.8, 4) is 5.75 Å². The van der Waals surface area contributed by atoms with Gasteiger partial charge >= 0.3 is 0 Å². The third-order valence-corrected chi connectivity index (χ3v) is 5.56. The normalized spacial score (nSPS) is 15.9. The number of benzene rings is 2. The summed E-state index contributed by atoms with van der Waals surface area (Å²) in [4.78, 5) is 15.0. The molecule has 4 nitrogen and oxygen atoms in total. The number of hydrogen-bond donors (Lipinski definition) is 1. The number of carbonyl (C=O) groups excluding carboxylic acids is 1. The molecule has 1 heterocycles. The fourth-order valence-electron chi connectivity index (χ4n) is 3.78. The van der Waals surface area contributed by atoms with Crippen LogP contribution in [0.3, 0.4) is 0 Å². The van der Waals surface area contributed by atoms with E-state index in [4.69, 9.17) is 4.74 Å². The number of nitrogens with one attached hydrogen (secondary N) is 1. The van der Waals surface area contributed by atoms with Gasteiger partial charge in [0.1, 0.15) is 5.75 Å². The molecule has 0 aliphatic carbocycles. The zero-order chi connectivity index (χ0) is 20.6. The van der Waals surface area contributed by atoms with Gasteiger partial charge in [-0.25, -0.2) is 0 Å². The van der Waals surface area contributed by atoms with Crippen molar-refractivity contribution in [2.75, 3.05) is 13.1 Å². The van der Waals surface area contributed by atoms with Crippen LogP contribution in [0.5, 0.6) is 5.75 Å². The molecule has 4 heteroatoms. The highest BCUT2D eigenvalue weighted by Crippen LogP contribution is 2.26. The van der Waals surface area contributed by atoms with Crippen LogP contribution in [0.1, 0.15) is 62.6 Å². The largest absolute Gasteiger partial charge is 0.481 e. The van der Waals surface area contributed by atoms with Gasteiger partial charge in [-0.1, -0.05) is 62.7 Å². The van der Waals surface area contributed by atoms with E-state index in [9.17, 15) is 4.79 Å². The highest BCUT2D eigenvalue weighted by molar-refractivity contribution is 5.80. The average Bonchev–Trinajstić information content (AvgIpc) is 2.74. The van der Waals surface area contributed by atoms with Gasteiger partial charge in [0.2, 0.25) is 0 Å². The highest BCUT2D eigenvalue weighted by Gasteiger charge is 2.17. The number of para-hydroxylation sites is 1. The van der Waals surface area contributed by atoms with E-state index in [2.05, 4.69) is 54.4 Å². The predicted octanol–water partition coefficient (Wildman–Crippen LogP) is 4.88. The van der Waals surface area contributed by atoms with E-state index in [0.717, 1.165) is 23.4 Å².